The van der Waals surface area contributed by atoms with E-state index >= 15 is 0 Å². The Labute approximate surface area is 156 Å². The van der Waals surface area contributed by atoms with Crippen LogP contribution in [-0.4, -0.2) is 46.6 Å². The number of aliphatic carboxylic acids is 1. The lowest BCUT2D eigenvalue weighted by molar-refractivity contribution is -0.150. The molecule has 2 atom stereocenters. The van der Waals surface area contributed by atoms with Crippen molar-refractivity contribution in [1.82, 2.24) is 0 Å². The summed E-state index contributed by atoms with van der Waals surface area (Å²) in [6.07, 6.45) is -2.72. The zero-order valence-corrected chi connectivity index (χ0v) is 14.9. The van der Waals surface area contributed by atoms with E-state index in [1.807, 2.05) is 0 Å². The third-order valence-corrected chi connectivity index (χ3v) is 3.57. The minimum absolute atomic E-state index is 0.0609. The van der Waals surface area contributed by atoms with Crippen LogP contribution in [0.3, 0.4) is 0 Å². The van der Waals surface area contributed by atoms with Crippen molar-refractivity contribution >= 4 is 11.9 Å². The van der Waals surface area contributed by atoms with Crippen LogP contribution in [0.15, 0.2) is 48.5 Å². The van der Waals surface area contributed by atoms with Gasteiger partial charge in [0.05, 0.1) is 20.8 Å². The molecule has 0 radical (unpaired) electrons. The number of hydrogen-bond acceptors (Lipinski definition) is 7. The summed E-state index contributed by atoms with van der Waals surface area (Å²) in [7, 11) is 2.73. The highest BCUT2D eigenvalue weighted by molar-refractivity contribution is 5.76. The van der Waals surface area contributed by atoms with Crippen molar-refractivity contribution in [3.8, 4) is 5.75 Å². The number of rotatable bonds is 6. The highest BCUT2D eigenvalue weighted by Crippen LogP contribution is 2.17. The molecule has 0 amide bonds. The largest absolute Gasteiger partial charge is 0.497 e. The van der Waals surface area contributed by atoms with Crippen molar-refractivity contribution < 1.29 is 39.5 Å². The summed E-state index contributed by atoms with van der Waals surface area (Å²) < 4.78 is 9.26. The Hall–Kier alpha value is -2.94. The molecule has 27 heavy (non-hydrogen) atoms. The number of carbonyl (C=O) groups excluding carboxylic acids is 1. The summed E-state index contributed by atoms with van der Waals surface area (Å²) in [6, 6.07) is 12.7. The molecule has 2 aromatic carbocycles. The Morgan fingerprint density at radius 2 is 1.37 bits per heavy atom. The van der Waals surface area contributed by atoms with Crippen LogP contribution in [0.1, 0.15) is 28.9 Å². The van der Waals surface area contributed by atoms with E-state index in [1.165, 1.54) is 26.4 Å². The van der Waals surface area contributed by atoms with Crippen LogP contribution >= 0.6 is 0 Å². The zero-order chi connectivity index (χ0) is 20.4. The molecule has 146 valence electrons. The fourth-order valence-corrected chi connectivity index (χ4v) is 1.98. The van der Waals surface area contributed by atoms with E-state index in [1.54, 1.807) is 36.4 Å². The number of ether oxygens (including phenoxy) is 2. The Bertz CT molecular complexity index is 724. The third-order valence-electron chi connectivity index (χ3n) is 3.57. The van der Waals surface area contributed by atoms with Crippen molar-refractivity contribution in [2.75, 3.05) is 14.2 Å². The highest BCUT2D eigenvalue weighted by Gasteiger charge is 2.17. The lowest BCUT2D eigenvalue weighted by Crippen LogP contribution is -2.13. The minimum atomic E-state index is -1.47. The molecule has 2 rings (SSSR count). The zero-order valence-electron chi connectivity index (χ0n) is 14.9. The first-order valence-electron chi connectivity index (χ1n) is 7.84. The monoisotopic (exact) mass is 378 g/mol. The Balaban J connectivity index is 0.000000271. The first-order chi connectivity index (χ1) is 12.8. The maximum atomic E-state index is 10.9. The van der Waals surface area contributed by atoms with Gasteiger partial charge in [0.15, 0.2) is 12.2 Å². The van der Waals surface area contributed by atoms with Crippen LogP contribution in [0, 0.1) is 0 Å². The Kier molecular flexibility index (Phi) is 8.94. The van der Waals surface area contributed by atoms with Crippen LogP contribution < -0.4 is 4.74 Å². The van der Waals surface area contributed by atoms with Crippen LogP contribution in [0.5, 0.6) is 5.75 Å². The highest BCUT2D eigenvalue weighted by atomic mass is 16.5. The molecule has 0 aliphatic heterocycles. The van der Waals surface area contributed by atoms with Gasteiger partial charge in [-0.25, -0.2) is 9.59 Å². The lowest BCUT2D eigenvalue weighted by atomic mass is 10.1. The molecule has 0 bridgehead atoms. The van der Waals surface area contributed by atoms with E-state index in [-0.39, 0.29) is 6.61 Å². The molecule has 0 aromatic heterocycles. The van der Waals surface area contributed by atoms with Crippen LogP contribution in [0.2, 0.25) is 0 Å². The number of hydrogen-bond donors (Lipinski definition) is 4. The maximum absolute atomic E-state index is 10.9. The second kappa shape index (κ2) is 10.9. The number of carboxylic acid groups (broad SMARTS) is 1. The number of aliphatic hydroxyl groups excluding tert-OH is 3. The van der Waals surface area contributed by atoms with Crippen molar-refractivity contribution in [3.05, 3.63) is 65.2 Å². The van der Waals surface area contributed by atoms with Gasteiger partial charge in [-0.1, -0.05) is 36.4 Å². The molecule has 0 saturated heterocycles. The van der Waals surface area contributed by atoms with E-state index < -0.39 is 24.1 Å². The smallest absolute Gasteiger partial charge is 0.339 e. The molecule has 0 saturated carbocycles. The second-order valence-corrected chi connectivity index (χ2v) is 5.34. The maximum Gasteiger partial charge on any atom is 0.339 e. The van der Waals surface area contributed by atoms with Gasteiger partial charge in [0.2, 0.25) is 0 Å². The van der Waals surface area contributed by atoms with Crippen molar-refractivity contribution in [1.29, 1.82) is 0 Å². The SMILES string of the molecule is COC(=O)C(O)c1ccc(CO)cc1.COc1ccc([C@@H](O)C(=O)O)cc1. The molecule has 2 aromatic rings. The van der Waals surface area contributed by atoms with Gasteiger partial charge in [0.25, 0.3) is 0 Å². The summed E-state index contributed by atoms with van der Waals surface area (Å²) in [5.74, 6) is -1.33. The standard InChI is InChI=1S/C10H12O4.C9H10O4/c1-14-10(13)9(12)8-4-2-7(6-11)3-5-8;1-13-7-4-2-6(3-5-7)8(10)9(11)12/h2-5,9,11-12H,6H2,1H3;2-5,8,10H,1H3,(H,11,12)/t;8-/m.1/s1. The summed E-state index contributed by atoms with van der Waals surface area (Å²) in [5.41, 5.74) is 1.52. The molecule has 4 N–H and O–H groups in total. The summed E-state index contributed by atoms with van der Waals surface area (Å²) in [4.78, 5) is 21.3. The molecule has 0 spiro atoms. The molecule has 0 fully saturated rings. The fraction of sp³-hybridized carbons (Fsp3) is 0.263. The molecule has 8 heteroatoms. The van der Waals surface area contributed by atoms with Crippen LogP contribution in [-0.2, 0) is 20.9 Å². The van der Waals surface area contributed by atoms with Gasteiger partial charge >= 0.3 is 11.9 Å². The van der Waals surface area contributed by atoms with Gasteiger partial charge in [0, 0.05) is 0 Å². The molecular formula is C19H22O8. The molecule has 0 heterocycles. The Morgan fingerprint density at radius 1 is 0.889 bits per heavy atom. The number of benzene rings is 2. The first-order valence-corrected chi connectivity index (χ1v) is 7.84. The van der Waals surface area contributed by atoms with E-state index in [0.29, 0.717) is 16.9 Å². The molecule has 0 aliphatic carbocycles. The molecule has 0 aliphatic rings. The number of methoxy groups -OCH3 is 2. The second-order valence-electron chi connectivity index (χ2n) is 5.34. The predicted octanol–water partition coefficient (Wildman–Crippen LogP) is 1.20. The average molecular weight is 378 g/mol. The van der Waals surface area contributed by atoms with Gasteiger partial charge in [-0.3, -0.25) is 0 Å². The van der Waals surface area contributed by atoms with Crippen molar-refractivity contribution in [3.63, 3.8) is 0 Å². The van der Waals surface area contributed by atoms with Gasteiger partial charge in [-0.05, 0) is 28.8 Å². The first kappa shape index (κ1) is 22.1. The van der Waals surface area contributed by atoms with Crippen LogP contribution in [0.4, 0.5) is 0 Å². The summed E-state index contributed by atoms with van der Waals surface area (Å²) in [5, 5.41) is 35.8. The van der Waals surface area contributed by atoms with E-state index in [9.17, 15) is 14.7 Å². The number of aliphatic hydroxyl groups is 3. The average Bonchev–Trinajstić information content (AvgIpc) is 2.72. The van der Waals surface area contributed by atoms with E-state index in [2.05, 4.69) is 4.74 Å². The lowest BCUT2D eigenvalue weighted by Gasteiger charge is -2.08. The topological polar surface area (TPSA) is 134 Å². The molecular weight excluding hydrogens is 356 g/mol. The van der Waals surface area contributed by atoms with Gasteiger partial charge < -0.3 is 29.9 Å². The Morgan fingerprint density at radius 3 is 1.78 bits per heavy atom. The third kappa shape index (κ3) is 6.70. The molecule has 1 unspecified atom stereocenters. The predicted molar refractivity (Wildman–Crippen MR) is 94.9 cm³/mol. The quantitative estimate of drug-likeness (QED) is 0.551. The van der Waals surface area contributed by atoms with Crippen LogP contribution in [0.25, 0.3) is 0 Å². The van der Waals surface area contributed by atoms with Gasteiger partial charge in [-0.2, -0.15) is 0 Å². The molecule has 8 nitrogen and oxygen atoms in total. The number of carbonyl (C=O) groups is 2. The summed E-state index contributed by atoms with van der Waals surface area (Å²) >= 11 is 0. The minimum Gasteiger partial charge on any atom is -0.497 e. The number of carboxylic acids is 1. The van der Waals surface area contributed by atoms with E-state index in [0.717, 1.165) is 5.56 Å². The summed E-state index contributed by atoms with van der Waals surface area (Å²) in [6.45, 7) is -0.0609. The van der Waals surface area contributed by atoms with Crippen molar-refractivity contribution in [2.24, 2.45) is 0 Å². The van der Waals surface area contributed by atoms with Gasteiger partial charge in [-0.15, -0.1) is 0 Å². The van der Waals surface area contributed by atoms with Crippen molar-refractivity contribution in [2.45, 2.75) is 18.8 Å². The number of esters is 1. The normalized spacial score (nSPS) is 12.2. The van der Waals surface area contributed by atoms with Gasteiger partial charge in [0.1, 0.15) is 5.75 Å². The van der Waals surface area contributed by atoms with E-state index in [4.69, 9.17) is 20.1 Å². The fourth-order valence-electron chi connectivity index (χ4n) is 1.98.